The smallest absolute Gasteiger partial charge is 0.202 e. The van der Waals surface area contributed by atoms with Crippen LogP contribution in [-0.2, 0) is 14.7 Å². The summed E-state index contributed by atoms with van der Waals surface area (Å²) < 4.78 is 23.4. The van der Waals surface area contributed by atoms with Gasteiger partial charge in [0.15, 0.2) is 0 Å². The molecule has 86 valence electrons. The predicted molar refractivity (Wildman–Crippen MR) is 62.7 cm³/mol. The summed E-state index contributed by atoms with van der Waals surface area (Å²) in [5, 5.41) is 4.09. The number of nitrogens with zero attached hydrogens (tertiary/aromatic N) is 1. The van der Waals surface area contributed by atoms with E-state index in [0.717, 1.165) is 0 Å². The van der Waals surface area contributed by atoms with E-state index < -0.39 is 9.84 Å². The Hall–Kier alpha value is -0.780. The highest BCUT2D eigenvalue weighted by Crippen LogP contribution is 2.24. The number of halogens is 2. The number of hydrogen-bond donors (Lipinski definition) is 0. The molecule has 0 saturated heterocycles. The molecule has 7 heteroatoms. The van der Waals surface area contributed by atoms with Gasteiger partial charge in [0, 0.05) is 5.56 Å². The molecule has 0 saturated carbocycles. The third-order valence-corrected chi connectivity index (χ3v) is 4.39. The van der Waals surface area contributed by atoms with Gasteiger partial charge < -0.3 is 4.84 Å². The maximum Gasteiger partial charge on any atom is 0.202 e. The molecule has 0 N–H and O–H groups in total. The van der Waals surface area contributed by atoms with Crippen LogP contribution < -0.4 is 0 Å². The topological polar surface area (TPSA) is 55.7 Å². The Labute approximate surface area is 103 Å². The molecule has 1 aliphatic heterocycles. The second-order valence-electron chi connectivity index (χ2n) is 3.18. The van der Waals surface area contributed by atoms with E-state index in [1.165, 1.54) is 12.1 Å². The summed E-state index contributed by atoms with van der Waals surface area (Å²) in [6.45, 7) is 0.0765. The Bertz CT molecular complexity index is 554. The first-order valence-corrected chi connectivity index (χ1v) is 6.80. The highest BCUT2D eigenvalue weighted by atomic mass is 35.5. The molecular weight excluding hydrogens is 273 g/mol. The second-order valence-corrected chi connectivity index (χ2v) is 6.02. The normalized spacial score (nSPS) is 18.8. The second kappa shape index (κ2) is 4.24. The first-order valence-electron chi connectivity index (χ1n) is 4.39. The van der Waals surface area contributed by atoms with Crippen molar-refractivity contribution in [1.82, 2.24) is 0 Å². The molecule has 1 heterocycles. The largest absolute Gasteiger partial charge is 0.394 e. The van der Waals surface area contributed by atoms with Crippen LogP contribution >= 0.6 is 23.2 Å². The number of sulfone groups is 1. The zero-order chi connectivity index (χ0) is 11.8. The van der Waals surface area contributed by atoms with E-state index in [2.05, 4.69) is 5.16 Å². The SMILES string of the molecule is O=S1(=O)CCON=C1c1ccc(Cl)c(Cl)c1. The van der Waals surface area contributed by atoms with Crippen molar-refractivity contribution in [1.29, 1.82) is 0 Å². The lowest BCUT2D eigenvalue weighted by molar-refractivity contribution is 0.158. The minimum Gasteiger partial charge on any atom is -0.394 e. The fourth-order valence-electron chi connectivity index (χ4n) is 1.27. The van der Waals surface area contributed by atoms with Crippen LogP contribution in [0.4, 0.5) is 0 Å². The van der Waals surface area contributed by atoms with Crippen LogP contribution in [-0.4, -0.2) is 25.8 Å². The number of oxime groups is 1. The lowest BCUT2D eigenvalue weighted by Crippen LogP contribution is -2.26. The average Bonchev–Trinajstić information content (AvgIpc) is 2.22. The van der Waals surface area contributed by atoms with Crippen LogP contribution in [0.25, 0.3) is 0 Å². The Morgan fingerprint density at radius 1 is 1.25 bits per heavy atom. The van der Waals surface area contributed by atoms with Gasteiger partial charge in [-0.3, -0.25) is 0 Å². The summed E-state index contributed by atoms with van der Waals surface area (Å²) in [6.07, 6.45) is 0. The Morgan fingerprint density at radius 2 is 2.00 bits per heavy atom. The molecule has 0 amide bonds. The highest BCUT2D eigenvalue weighted by molar-refractivity contribution is 8.07. The van der Waals surface area contributed by atoms with Crippen molar-refractivity contribution in [2.75, 3.05) is 12.4 Å². The van der Waals surface area contributed by atoms with Gasteiger partial charge in [-0.2, -0.15) is 0 Å². The zero-order valence-corrected chi connectivity index (χ0v) is 10.3. The summed E-state index contributed by atoms with van der Waals surface area (Å²) in [5.74, 6) is -0.0773. The van der Waals surface area contributed by atoms with E-state index in [4.69, 9.17) is 28.0 Å². The molecule has 1 aliphatic rings. The molecule has 0 radical (unpaired) electrons. The first kappa shape index (κ1) is 11.7. The molecular formula is C9H7Cl2NO3S. The summed E-state index contributed by atoms with van der Waals surface area (Å²) in [7, 11) is -3.38. The van der Waals surface area contributed by atoms with E-state index in [0.29, 0.717) is 10.6 Å². The fourth-order valence-corrected chi connectivity index (χ4v) is 2.70. The maximum absolute atomic E-state index is 11.7. The number of rotatable bonds is 1. The number of benzene rings is 1. The van der Waals surface area contributed by atoms with Gasteiger partial charge in [-0.15, -0.1) is 0 Å². The van der Waals surface area contributed by atoms with Crippen molar-refractivity contribution in [2.45, 2.75) is 0 Å². The molecule has 0 unspecified atom stereocenters. The molecule has 0 aromatic heterocycles. The Kier molecular flexibility index (Phi) is 3.10. The standard InChI is InChI=1S/C9H7Cl2NO3S/c10-7-2-1-6(5-8(7)11)9-12-15-3-4-16(9,13)14/h1-2,5H,3-4H2. The molecule has 0 spiro atoms. The van der Waals surface area contributed by atoms with Crippen LogP contribution in [0.1, 0.15) is 5.56 Å². The van der Waals surface area contributed by atoms with Crippen molar-refractivity contribution < 1.29 is 13.3 Å². The van der Waals surface area contributed by atoms with Crippen LogP contribution in [0.5, 0.6) is 0 Å². The lowest BCUT2D eigenvalue weighted by Gasteiger charge is -2.12. The molecule has 16 heavy (non-hydrogen) atoms. The minimum absolute atomic E-state index is 0.0765. The Morgan fingerprint density at radius 3 is 2.62 bits per heavy atom. The predicted octanol–water partition coefficient (Wildman–Crippen LogP) is 2.10. The van der Waals surface area contributed by atoms with Gasteiger partial charge in [-0.1, -0.05) is 34.4 Å². The summed E-state index contributed by atoms with van der Waals surface area (Å²) in [4.78, 5) is 4.77. The molecule has 0 fully saturated rings. The zero-order valence-electron chi connectivity index (χ0n) is 7.98. The van der Waals surface area contributed by atoms with E-state index in [1.54, 1.807) is 6.07 Å². The highest BCUT2D eigenvalue weighted by Gasteiger charge is 2.26. The molecule has 0 atom stereocenters. The fraction of sp³-hybridized carbons (Fsp3) is 0.222. The van der Waals surface area contributed by atoms with Crippen LogP contribution in [0.2, 0.25) is 10.0 Å². The van der Waals surface area contributed by atoms with Crippen molar-refractivity contribution >= 4 is 38.1 Å². The molecule has 1 aromatic rings. The van der Waals surface area contributed by atoms with Crippen molar-refractivity contribution in [3.05, 3.63) is 33.8 Å². The lowest BCUT2D eigenvalue weighted by atomic mass is 10.2. The molecule has 0 bridgehead atoms. The van der Waals surface area contributed by atoms with Gasteiger partial charge in [0.25, 0.3) is 0 Å². The third-order valence-electron chi connectivity index (χ3n) is 2.05. The van der Waals surface area contributed by atoms with Crippen molar-refractivity contribution in [3.8, 4) is 0 Å². The van der Waals surface area contributed by atoms with Gasteiger partial charge in [-0.25, -0.2) is 8.42 Å². The van der Waals surface area contributed by atoms with E-state index >= 15 is 0 Å². The van der Waals surface area contributed by atoms with Gasteiger partial charge in [-0.05, 0) is 12.1 Å². The van der Waals surface area contributed by atoms with Gasteiger partial charge in [0.05, 0.1) is 15.8 Å². The van der Waals surface area contributed by atoms with Gasteiger partial charge >= 0.3 is 0 Å². The van der Waals surface area contributed by atoms with Crippen molar-refractivity contribution in [2.24, 2.45) is 5.16 Å². The van der Waals surface area contributed by atoms with Crippen LogP contribution in [0.3, 0.4) is 0 Å². The van der Waals surface area contributed by atoms with E-state index in [1.807, 2.05) is 0 Å². The quantitative estimate of drug-likeness (QED) is 0.791. The van der Waals surface area contributed by atoms with Crippen LogP contribution in [0, 0.1) is 0 Å². The average molecular weight is 280 g/mol. The summed E-state index contributed by atoms with van der Waals surface area (Å²) >= 11 is 11.5. The molecule has 2 rings (SSSR count). The minimum atomic E-state index is -3.38. The summed E-state index contributed by atoms with van der Waals surface area (Å²) in [5.41, 5.74) is 0.383. The van der Waals surface area contributed by atoms with Gasteiger partial charge in [0.1, 0.15) is 6.61 Å². The monoisotopic (exact) mass is 279 g/mol. The molecule has 1 aromatic carbocycles. The van der Waals surface area contributed by atoms with E-state index in [9.17, 15) is 8.42 Å². The van der Waals surface area contributed by atoms with Crippen molar-refractivity contribution in [3.63, 3.8) is 0 Å². The Balaban J connectivity index is 2.52. The van der Waals surface area contributed by atoms with Crippen LogP contribution in [0.15, 0.2) is 23.4 Å². The first-order chi connectivity index (χ1) is 7.50. The van der Waals surface area contributed by atoms with Gasteiger partial charge in [0.2, 0.25) is 14.9 Å². The number of hydrogen-bond acceptors (Lipinski definition) is 4. The molecule has 0 aliphatic carbocycles. The third kappa shape index (κ3) is 2.16. The summed E-state index contributed by atoms with van der Waals surface area (Å²) in [6, 6.07) is 4.51. The van der Waals surface area contributed by atoms with E-state index in [-0.39, 0.29) is 22.4 Å². The molecule has 4 nitrogen and oxygen atoms in total. The maximum atomic E-state index is 11.7.